The normalized spacial score (nSPS) is 19.1. The third-order valence-electron chi connectivity index (χ3n) is 4.10. The largest absolute Gasteiger partial charge is 0.354 e. The molecule has 1 atom stereocenters. The van der Waals surface area contributed by atoms with E-state index in [1.807, 2.05) is 0 Å². The molecule has 0 saturated carbocycles. The van der Waals surface area contributed by atoms with Gasteiger partial charge in [-0.1, -0.05) is 12.1 Å². The Bertz CT molecular complexity index is 597. The van der Waals surface area contributed by atoms with Gasteiger partial charge in [-0.3, -0.25) is 0 Å². The molecule has 0 radical (unpaired) electrons. The van der Waals surface area contributed by atoms with Crippen molar-refractivity contribution in [3.8, 4) is 11.1 Å². The molecular formula is C17H21FN4. The molecule has 1 aliphatic heterocycles. The molecule has 0 aliphatic carbocycles. The van der Waals surface area contributed by atoms with Crippen LogP contribution >= 0.6 is 0 Å². The lowest BCUT2D eigenvalue weighted by Crippen LogP contribution is -2.35. The molecule has 4 nitrogen and oxygen atoms in total. The molecule has 2 heterocycles. The van der Waals surface area contributed by atoms with Gasteiger partial charge in [0.1, 0.15) is 5.82 Å². The van der Waals surface area contributed by atoms with Gasteiger partial charge in [0.05, 0.1) is 0 Å². The smallest absolute Gasteiger partial charge is 0.222 e. The number of aromatic nitrogens is 2. The number of nitrogens with zero attached hydrogens (tertiary/aromatic N) is 3. The Morgan fingerprint density at radius 2 is 1.91 bits per heavy atom. The molecule has 1 aromatic carbocycles. The number of halogens is 1. The predicted octanol–water partition coefficient (Wildman–Crippen LogP) is 3.04. The second-order valence-corrected chi connectivity index (χ2v) is 5.95. The molecule has 1 fully saturated rings. The van der Waals surface area contributed by atoms with Gasteiger partial charge in [0, 0.05) is 31.0 Å². The van der Waals surface area contributed by atoms with Crippen molar-refractivity contribution in [1.29, 1.82) is 0 Å². The zero-order valence-corrected chi connectivity index (χ0v) is 12.8. The van der Waals surface area contributed by atoms with Crippen LogP contribution in [0.3, 0.4) is 0 Å². The highest BCUT2D eigenvalue weighted by molar-refractivity contribution is 5.61. The van der Waals surface area contributed by atoms with Gasteiger partial charge >= 0.3 is 0 Å². The van der Waals surface area contributed by atoms with Crippen molar-refractivity contribution in [1.82, 2.24) is 14.9 Å². The van der Waals surface area contributed by atoms with Crippen LogP contribution in [0.1, 0.15) is 12.8 Å². The second-order valence-electron chi connectivity index (χ2n) is 5.95. The van der Waals surface area contributed by atoms with Crippen LogP contribution in [0.5, 0.6) is 0 Å². The fraction of sp³-hybridized carbons (Fsp3) is 0.412. The Morgan fingerprint density at radius 3 is 2.59 bits per heavy atom. The average molecular weight is 300 g/mol. The number of likely N-dealkylation sites (tertiary alicyclic amines) is 1. The number of rotatable bonds is 4. The molecule has 0 spiro atoms. The summed E-state index contributed by atoms with van der Waals surface area (Å²) in [6.07, 6.45) is 6.06. The highest BCUT2D eigenvalue weighted by atomic mass is 19.1. The number of anilines is 1. The van der Waals surface area contributed by atoms with Crippen LogP contribution in [0.2, 0.25) is 0 Å². The Morgan fingerprint density at radius 1 is 1.18 bits per heavy atom. The number of benzene rings is 1. The van der Waals surface area contributed by atoms with E-state index in [9.17, 15) is 4.39 Å². The van der Waals surface area contributed by atoms with Gasteiger partial charge in [0.25, 0.3) is 0 Å². The fourth-order valence-electron chi connectivity index (χ4n) is 2.89. The minimum Gasteiger partial charge on any atom is -0.354 e. The molecule has 1 N–H and O–H groups in total. The minimum absolute atomic E-state index is 0.236. The molecule has 116 valence electrons. The van der Waals surface area contributed by atoms with Crippen molar-refractivity contribution >= 4 is 5.95 Å². The van der Waals surface area contributed by atoms with Crippen LogP contribution in [0.4, 0.5) is 10.3 Å². The Hall–Kier alpha value is -2.01. The zero-order chi connectivity index (χ0) is 15.4. The van der Waals surface area contributed by atoms with Gasteiger partial charge in [-0.15, -0.1) is 0 Å². The number of nitrogens with one attached hydrogen (secondary N) is 1. The van der Waals surface area contributed by atoms with E-state index in [0.29, 0.717) is 11.9 Å². The van der Waals surface area contributed by atoms with E-state index in [1.54, 1.807) is 24.5 Å². The number of hydrogen-bond acceptors (Lipinski definition) is 4. The standard InChI is InChI=1S/C17H21FN4/c1-22-8-2-3-13(12-22)9-19-17-20-10-15(11-21-17)14-4-6-16(18)7-5-14/h4-7,10-11,13H,2-3,8-9,12H2,1H3,(H,19,20,21). The summed E-state index contributed by atoms with van der Waals surface area (Å²) in [7, 11) is 2.17. The SMILES string of the molecule is CN1CCCC(CNc2ncc(-c3ccc(F)cc3)cn2)C1. The van der Waals surface area contributed by atoms with Gasteiger partial charge in [-0.25, -0.2) is 14.4 Å². The highest BCUT2D eigenvalue weighted by Crippen LogP contribution is 2.19. The summed E-state index contributed by atoms with van der Waals surface area (Å²) in [5, 5.41) is 3.31. The molecule has 0 bridgehead atoms. The summed E-state index contributed by atoms with van der Waals surface area (Å²) in [6.45, 7) is 3.22. The first-order valence-electron chi connectivity index (χ1n) is 7.71. The maximum Gasteiger partial charge on any atom is 0.222 e. The lowest BCUT2D eigenvalue weighted by atomic mass is 9.99. The minimum atomic E-state index is -0.236. The molecule has 0 amide bonds. The summed E-state index contributed by atoms with van der Waals surface area (Å²) in [6, 6.07) is 6.36. The van der Waals surface area contributed by atoms with E-state index in [1.165, 1.54) is 31.5 Å². The van der Waals surface area contributed by atoms with Crippen molar-refractivity contribution in [2.24, 2.45) is 5.92 Å². The summed E-state index contributed by atoms with van der Waals surface area (Å²) >= 11 is 0. The average Bonchev–Trinajstić information content (AvgIpc) is 2.54. The van der Waals surface area contributed by atoms with Crippen molar-refractivity contribution in [3.05, 3.63) is 42.5 Å². The Kier molecular flexibility index (Phi) is 4.63. The van der Waals surface area contributed by atoms with Crippen molar-refractivity contribution in [3.63, 3.8) is 0 Å². The molecule has 3 rings (SSSR count). The number of hydrogen-bond donors (Lipinski definition) is 1. The van der Waals surface area contributed by atoms with Crippen molar-refractivity contribution in [2.75, 3.05) is 32.0 Å². The van der Waals surface area contributed by atoms with Crippen molar-refractivity contribution in [2.45, 2.75) is 12.8 Å². The monoisotopic (exact) mass is 300 g/mol. The Balaban J connectivity index is 1.58. The molecule has 2 aromatic rings. The molecule has 1 unspecified atom stereocenters. The molecule has 1 aliphatic rings. The summed E-state index contributed by atoms with van der Waals surface area (Å²) < 4.78 is 12.9. The summed E-state index contributed by atoms with van der Waals surface area (Å²) in [5.41, 5.74) is 1.81. The lowest BCUT2D eigenvalue weighted by molar-refractivity contribution is 0.217. The second kappa shape index (κ2) is 6.83. The molecule has 5 heteroatoms. The van der Waals surface area contributed by atoms with E-state index in [4.69, 9.17) is 0 Å². The Labute approximate surface area is 130 Å². The van der Waals surface area contributed by atoms with E-state index in [-0.39, 0.29) is 5.82 Å². The van der Waals surface area contributed by atoms with Crippen LogP contribution in [-0.4, -0.2) is 41.5 Å². The highest BCUT2D eigenvalue weighted by Gasteiger charge is 2.16. The molecule has 1 saturated heterocycles. The molecule has 22 heavy (non-hydrogen) atoms. The van der Waals surface area contributed by atoms with E-state index >= 15 is 0 Å². The van der Waals surface area contributed by atoms with Crippen LogP contribution < -0.4 is 5.32 Å². The maximum atomic E-state index is 12.9. The zero-order valence-electron chi connectivity index (χ0n) is 12.8. The molecular weight excluding hydrogens is 279 g/mol. The van der Waals surface area contributed by atoms with Crippen LogP contribution in [0.25, 0.3) is 11.1 Å². The molecule has 1 aromatic heterocycles. The van der Waals surface area contributed by atoms with Crippen molar-refractivity contribution < 1.29 is 4.39 Å². The van der Waals surface area contributed by atoms with Gasteiger partial charge in [-0.2, -0.15) is 0 Å². The lowest BCUT2D eigenvalue weighted by Gasteiger charge is -2.29. The van der Waals surface area contributed by atoms with E-state index < -0.39 is 0 Å². The summed E-state index contributed by atoms with van der Waals surface area (Å²) in [4.78, 5) is 11.1. The third-order valence-corrected chi connectivity index (χ3v) is 4.10. The van der Waals surface area contributed by atoms with Gasteiger partial charge < -0.3 is 10.2 Å². The topological polar surface area (TPSA) is 41.0 Å². The predicted molar refractivity (Wildman–Crippen MR) is 86.1 cm³/mol. The quantitative estimate of drug-likeness (QED) is 0.942. The van der Waals surface area contributed by atoms with Crippen LogP contribution in [0.15, 0.2) is 36.7 Å². The van der Waals surface area contributed by atoms with Gasteiger partial charge in [0.2, 0.25) is 5.95 Å². The van der Waals surface area contributed by atoms with Crippen LogP contribution in [0, 0.1) is 11.7 Å². The van der Waals surface area contributed by atoms with Gasteiger partial charge in [0.15, 0.2) is 0 Å². The van der Waals surface area contributed by atoms with E-state index in [2.05, 4.69) is 27.2 Å². The van der Waals surface area contributed by atoms with E-state index in [0.717, 1.165) is 24.2 Å². The first kappa shape index (κ1) is 14.9. The third kappa shape index (κ3) is 3.80. The summed E-state index contributed by atoms with van der Waals surface area (Å²) in [5.74, 6) is 1.07. The first-order chi connectivity index (χ1) is 10.7. The van der Waals surface area contributed by atoms with Gasteiger partial charge in [-0.05, 0) is 50.0 Å². The number of piperidine rings is 1. The maximum absolute atomic E-state index is 12.9. The fourth-order valence-corrected chi connectivity index (χ4v) is 2.89. The first-order valence-corrected chi connectivity index (χ1v) is 7.71. The van der Waals surface area contributed by atoms with Crippen LogP contribution in [-0.2, 0) is 0 Å².